The van der Waals surface area contributed by atoms with Gasteiger partial charge in [-0.2, -0.15) is 4.98 Å². The molecule has 5 nitrogen and oxygen atoms in total. The van der Waals surface area contributed by atoms with E-state index in [0.717, 1.165) is 0 Å². The lowest BCUT2D eigenvalue weighted by atomic mass is 10.2. The molecular weight excluding hydrogens is 170 g/mol. The molecule has 0 bridgehead atoms. The molecule has 5 heteroatoms. The van der Waals surface area contributed by atoms with Crippen LogP contribution in [0.25, 0.3) is 0 Å². The number of aromatic nitrogens is 2. The van der Waals surface area contributed by atoms with Crippen molar-refractivity contribution in [3.05, 3.63) is 17.5 Å². The normalized spacial score (nSPS) is 9.77. The number of nitrogens with two attached hydrogens (primary N) is 1. The van der Waals surface area contributed by atoms with Crippen LogP contribution in [0.3, 0.4) is 0 Å². The lowest BCUT2D eigenvalue weighted by molar-refractivity contribution is 0.0995. The Labute approximate surface area is 75.9 Å². The molecule has 1 aromatic rings. The van der Waals surface area contributed by atoms with Crippen molar-refractivity contribution in [2.24, 2.45) is 5.73 Å². The number of carbonyl (C=O) groups excluding carboxylic acids is 1. The van der Waals surface area contributed by atoms with Crippen molar-refractivity contribution in [1.82, 2.24) is 9.97 Å². The zero-order valence-corrected chi connectivity index (χ0v) is 7.57. The number of carbonyl (C=O) groups is 1. The van der Waals surface area contributed by atoms with Crippen LogP contribution in [0.5, 0.6) is 6.01 Å². The van der Waals surface area contributed by atoms with Gasteiger partial charge in [-0.1, -0.05) is 0 Å². The van der Waals surface area contributed by atoms with Gasteiger partial charge in [-0.25, -0.2) is 4.98 Å². The molecule has 1 heterocycles. The van der Waals surface area contributed by atoms with Crippen molar-refractivity contribution in [2.75, 3.05) is 13.7 Å². The molecule has 0 aliphatic carbocycles. The zero-order valence-electron chi connectivity index (χ0n) is 7.57. The van der Waals surface area contributed by atoms with Crippen LogP contribution >= 0.6 is 0 Å². The Hall–Kier alpha value is -1.49. The molecule has 0 saturated heterocycles. The van der Waals surface area contributed by atoms with E-state index in [4.69, 9.17) is 10.5 Å². The minimum absolute atomic E-state index is 0.0559. The van der Waals surface area contributed by atoms with Gasteiger partial charge in [0.05, 0.1) is 13.7 Å². The monoisotopic (exact) mass is 181 g/mol. The number of hydrogen-bond donors (Lipinski definition) is 1. The van der Waals surface area contributed by atoms with Gasteiger partial charge in [-0.05, 0) is 13.0 Å². The molecule has 1 aromatic heterocycles. The fourth-order valence-electron chi connectivity index (χ4n) is 0.880. The summed E-state index contributed by atoms with van der Waals surface area (Å²) in [5.41, 5.74) is 6.18. The van der Waals surface area contributed by atoms with Crippen LogP contribution < -0.4 is 10.5 Å². The summed E-state index contributed by atoms with van der Waals surface area (Å²) in [6.07, 6.45) is 0. The van der Waals surface area contributed by atoms with Crippen LogP contribution in [0, 0.1) is 6.92 Å². The molecule has 1 rings (SSSR count). The predicted octanol–water partition coefficient (Wildman–Crippen LogP) is -0.0650. The Morgan fingerprint density at radius 2 is 2.31 bits per heavy atom. The van der Waals surface area contributed by atoms with E-state index in [9.17, 15) is 4.79 Å². The van der Waals surface area contributed by atoms with Gasteiger partial charge in [0.15, 0.2) is 5.78 Å². The van der Waals surface area contributed by atoms with Crippen LogP contribution in [-0.2, 0) is 0 Å². The summed E-state index contributed by atoms with van der Waals surface area (Å²) in [6, 6.07) is 1.77. The van der Waals surface area contributed by atoms with Gasteiger partial charge in [0, 0.05) is 5.69 Å². The zero-order chi connectivity index (χ0) is 9.84. The van der Waals surface area contributed by atoms with Gasteiger partial charge in [0.1, 0.15) is 5.69 Å². The Morgan fingerprint density at radius 3 is 2.85 bits per heavy atom. The summed E-state index contributed by atoms with van der Waals surface area (Å²) < 4.78 is 4.82. The molecule has 0 aliphatic rings. The van der Waals surface area contributed by atoms with Crippen molar-refractivity contribution in [2.45, 2.75) is 6.92 Å². The van der Waals surface area contributed by atoms with Crippen molar-refractivity contribution >= 4 is 5.78 Å². The molecule has 0 radical (unpaired) electrons. The first kappa shape index (κ1) is 9.60. The average Bonchev–Trinajstić information content (AvgIpc) is 2.15. The highest BCUT2D eigenvalue weighted by Gasteiger charge is 2.08. The van der Waals surface area contributed by atoms with Gasteiger partial charge in [0.2, 0.25) is 0 Å². The van der Waals surface area contributed by atoms with Crippen LogP contribution in [0.2, 0.25) is 0 Å². The molecule has 0 amide bonds. The van der Waals surface area contributed by atoms with Crippen molar-refractivity contribution in [1.29, 1.82) is 0 Å². The van der Waals surface area contributed by atoms with Gasteiger partial charge in [-0.3, -0.25) is 4.79 Å². The molecule has 0 aliphatic heterocycles. The molecule has 0 atom stereocenters. The van der Waals surface area contributed by atoms with Crippen LogP contribution in [0.1, 0.15) is 16.2 Å². The third-order valence-corrected chi connectivity index (χ3v) is 1.49. The summed E-state index contributed by atoms with van der Waals surface area (Å²) in [7, 11) is 1.45. The molecule has 70 valence electrons. The number of ketones is 1. The second-order valence-corrected chi connectivity index (χ2v) is 2.51. The van der Waals surface area contributed by atoms with Gasteiger partial charge < -0.3 is 10.5 Å². The van der Waals surface area contributed by atoms with E-state index >= 15 is 0 Å². The van der Waals surface area contributed by atoms with Crippen molar-refractivity contribution in [3.8, 4) is 6.01 Å². The highest BCUT2D eigenvalue weighted by atomic mass is 16.5. The second kappa shape index (κ2) is 3.95. The number of Topliss-reactive ketones (excluding diaryl/α,β-unsaturated/α-hetero) is 1. The number of aryl methyl sites for hydroxylation is 1. The fourth-order valence-corrected chi connectivity index (χ4v) is 0.880. The summed E-state index contributed by atoms with van der Waals surface area (Å²) in [5.74, 6) is -0.219. The summed E-state index contributed by atoms with van der Waals surface area (Å²) >= 11 is 0. The smallest absolute Gasteiger partial charge is 0.316 e. The lowest BCUT2D eigenvalue weighted by Crippen LogP contribution is -2.16. The summed E-state index contributed by atoms with van der Waals surface area (Å²) in [5, 5.41) is 0. The van der Waals surface area contributed by atoms with Gasteiger partial charge in [0.25, 0.3) is 0 Å². The van der Waals surface area contributed by atoms with Crippen molar-refractivity contribution < 1.29 is 9.53 Å². The van der Waals surface area contributed by atoms with Crippen LogP contribution in [-0.4, -0.2) is 29.4 Å². The average molecular weight is 181 g/mol. The van der Waals surface area contributed by atoms with E-state index in [1.165, 1.54) is 7.11 Å². The third kappa shape index (κ3) is 2.22. The standard InChI is InChI=1S/C8H11N3O2/c1-5-3-6(7(12)4-9)11-8(10-5)13-2/h3H,4,9H2,1-2H3. The Balaban J connectivity index is 3.08. The molecular formula is C8H11N3O2. The first-order chi connectivity index (χ1) is 6.17. The minimum atomic E-state index is -0.219. The van der Waals surface area contributed by atoms with E-state index < -0.39 is 0 Å². The maximum Gasteiger partial charge on any atom is 0.316 e. The maximum absolute atomic E-state index is 11.2. The first-order valence-corrected chi connectivity index (χ1v) is 3.80. The quantitative estimate of drug-likeness (QED) is 0.660. The molecule has 0 spiro atoms. The first-order valence-electron chi connectivity index (χ1n) is 3.80. The number of nitrogens with zero attached hydrogens (tertiary/aromatic N) is 2. The Morgan fingerprint density at radius 1 is 1.62 bits per heavy atom. The van der Waals surface area contributed by atoms with Gasteiger partial charge in [-0.15, -0.1) is 0 Å². The van der Waals surface area contributed by atoms with Crippen molar-refractivity contribution in [3.63, 3.8) is 0 Å². The lowest BCUT2D eigenvalue weighted by Gasteiger charge is -2.01. The highest BCUT2D eigenvalue weighted by Crippen LogP contribution is 2.06. The van der Waals surface area contributed by atoms with E-state index in [2.05, 4.69) is 9.97 Å². The van der Waals surface area contributed by atoms with E-state index in [1.807, 2.05) is 0 Å². The van der Waals surface area contributed by atoms with Crippen LogP contribution in [0.15, 0.2) is 6.07 Å². The second-order valence-electron chi connectivity index (χ2n) is 2.51. The Kier molecular flexibility index (Phi) is 2.92. The maximum atomic E-state index is 11.2. The topological polar surface area (TPSA) is 78.1 Å². The number of methoxy groups -OCH3 is 1. The third-order valence-electron chi connectivity index (χ3n) is 1.49. The Bertz CT molecular complexity index is 325. The van der Waals surface area contributed by atoms with E-state index in [0.29, 0.717) is 11.4 Å². The summed E-state index contributed by atoms with van der Waals surface area (Å²) in [4.78, 5) is 19.0. The molecule has 0 fully saturated rings. The summed E-state index contributed by atoms with van der Waals surface area (Å²) in [6.45, 7) is 1.71. The minimum Gasteiger partial charge on any atom is -0.467 e. The van der Waals surface area contributed by atoms with Gasteiger partial charge >= 0.3 is 6.01 Å². The SMILES string of the molecule is COc1nc(C)cc(C(=O)CN)n1. The highest BCUT2D eigenvalue weighted by molar-refractivity contribution is 5.95. The fraction of sp³-hybridized carbons (Fsp3) is 0.375. The number of ether oxygens (including phenoxy) is 1. The molecule has 2 N–H and O–H groups in total. The molecule has 0 saturated carbocycles. The van der Waals surface area contributed by atoms with E-state index in [1.54, 1.807) is 13.0 Å². The predicted molar refractivity (Wildman–Crippen MR) is 46.7 cm³/mol. The molecule has 0 unspecified atom stereocenters. The van der Waals surface area contributed by atoms with Crippen LogP contribution in [0.4, 0.5) is 0 Å². The molecule has 0 aromatic carbocycles. The largest absolute Gasteiger partial charge is 0.467 e. The number of hydrogen-bond acceptors (Lipinski definition) is 5. The van der Waals surface area contributed by atoms with E-state index in [-0.39, 0.29) is 18.3 Å². The molecule has 13 heavy (non-hydrogen) atoms. The number of rotatable bonds is 3.